The topological polar surface area (TPSA) is 15.3 Å². The Bertz CT molecular complexity index is 392. The van der Waals surface area contributed by atoms with Crippen molar-refractivity contribution < 1.29 is 0 Å². The molecule has 0 spiro atoms. The first kappa shape index (κ1) is 12.9. The van der Waals surface area contributed by atoms with Gasteiger partial charge in [0.1, 0.15) is 0 Å². The van der Waals surface area contributed by atoms with Gasteiger partial charge in [-0.1, -0.05) is 18.5 Å². The van der Waals surface area contributed by atoms with Crippen molar-refractivity contribution in [2.45, 2.75) is 57.3 Å². The van der Waals surface area contributed by atoms with Crippen molar-refractivity contribution in [3.8, 4) is 0 Å². The highest BCUT2D eigenvalue weighted by Gasteiger charge is 2.40. The van der Waals surface area contributed by atoms with E-state index in [4.69, 9.17) is 11.6 Å². The lowest BCUT2D eigenvalue weighted by Gasteiger charge is -2.39. The number of nitrogens with one attached hydrogen (secondary N) is 1. The number of piperidine rings is 1. The minimum atomic E-state index is 0.746. The molecule has 2 bridgehead atoms. The van der Waals surface area contributed by atoms with Crippen molar-refractivity contribution in [1.82, 2.24) is 10.2 Å². The molecule has 0 saturated carbocycles. The molecule has 2 aliphatic heterocycles. The zero-order valence-corrected chi connectivity index (χ0v) is 12.4. The van der Waals surface area contributed by atoms with Crippen LogP contribution < -0.4 is 5.32 Å². The van der Waals surface area contributed by atoms with Crippen LogP contribution in [0.1, 0.15) is 37.5 Å². The highest BCUT2D eigenvalue weighted by atomic mass is 35.5. The second-order valence-electron chi connectivity index (χ2n) is 5.49. The van der Waals surface area contributed by atoms with Crippen LogP contribution >= 0.6 is 22.9 Å². The minimum absolute atomic E-state index is 0.746. The van der Waals surface area contributed by atoms with Crippen LogP contribution in [0.2, 0.25) is 4.34 Å². The molecular weight excluding hydrogens is 264 g/mol. The molecule has 0 amide bonds. The molecule has 0 aliphatic carbocycles. The Hall–Kier alpha value is -0.0900. The minimum Gasteiger partial charge on any atom is -0.314 e. The summed E-state index contributed by atoms with van der Waals surface area (Å²) in [5, 5.41) is 3.63. The third-order valence-corrected chi connectivity index (χ3v) is 5.56. The third kappa shape index (κ3) is 2.60. The zero-order chi connectivity index (χ0) is 12.5. The summed E-state index contributed by atoms with van der Waals surface area (Å²) in [4.78, 5) is 4.13. The number of halogens is 1. The predicted molar refractivity (Wildman–Crippen MR) is 78.4 cm³/mol. The van der Waals surface area contributed by atoms with Crippen LogP contribution in [0, 0.1) is 0 Å². The summed E-state index contributed by atoms with van der Waals surface area (Å²) in [7, 11) is 0. The van der Waals surface area contributed by atoms with Gasteiger partial charge in [-0.05, 0) is 44.4 Å². The highest BCUT2D eigenvalue weighted by Crippen LogP contribution is 2.37. The summed E-state index contributed by atoms with van der Waals surface area (Å²) in [5.41, 5.74) is 0. The van der Waals surface area contributed by atoms with Gasteiger partial charge in [0.25, 0.3) is 0 Å². The Morgan fingerprint density at radius 1 is 1.33 bits per heavy atom. The Labute approximate surface area is 118 Å². The molecule has 100 valence electrons. The lowest BCUT2D eigenvalue weighted by atomic mass is 9.97. The van der Waals surface area contributed by atoms with Crippen LogP contribution in [0.4, 0.5) is 0 Å². The second kappa shape index (κ2) is 5.49. The van der Waals surface area contributed by atoms with Gasteiger partial charge < -0.3 is 5.32 Å². The van der Waals surface area contributed by atoms with Crippen molar-refractivity contribution >= 4 is 22.9 Å². The Morgan fingerprint density at radius 3 is 2.61 bits per heavy atom. The van der Waals surface area contributed by atoms with Crippen molar-refractivity contribution in [2.24, 2.45) is 0 Å². The van der Waals surface area contributed by atoms with Crippen LogP contribution in [0.5, 0.6) is 0 Å². The van der Waals surface area contributed by atoms with E-state index < -0.39 is 0 Å². The van der Waals surface area contributed by atoms with Gasteiger partial charge in [0, 0.05) is 29.5 Å². The van der Waals surface area contributed by atoms with Crippen molar-refractivity contribution in [2.75, 3.05) is 6.54 Å². The van der Waals surface area contributed by atoms with Gasteiger partial charge in [-0.3, -0.25) is 4.90 Å². The highest BCUT2D eigenvalue weighted by molar-refractivity contribution is 7.16. The van der Waals surface area contributed by atoms with Gasteiger partial charge in [0.15, 0.2) is 0 Å². The van der Waals surface area contributed by atoms with Crippen molar-refractivity contribution in [3.05, 3.63) is 21.3 Å². The first-order valence-corrected chi connectivity index (χ1v) is 8.19. The Morgan fingerprint density at radius 2 is 2.06 bits per heavy atom. The Balaban J connectivity index is 1.65. The fourth-order valence-electron chi connectivity index (χ4n) is 3.60. The molecule has 4 heteroatoms. The van der Waals surface area contributed by atoms with Crippen LogP contribution in [0.25, 0.3) is 0 Å². The van der Waals surface area contributed by atoms with Crippen LogP contribution in [-0.4, -0.2) is 29.6 Å². The number of rotatable bonds is 4. The van der Waals surface area contributed by atoms with E-state index in [9.17, 15) is 0 Å². The van der Waals surface area contributed by atoms with E-state index in [0.29, 0.717) is 0 Å². The second-order valence-corrected chi connectivity index (χ2v) is 7.29. The number of thiophene rings is 1. The van der Waals surface area contributed by atoms with E-state index >= 15 is 0 Å². The number of fused-ring (bicyclic) bond motifs is 2. The lowest BCUT2D eigenvalue weighted by molar-refractivity contribution is 0.111. The van der Waals surface area contributed by atoms with Crippen LogP contribution in [-0.2, 0) is 6.54 Å². The van der Waals surface area contributed by atoms with Gasteiger partial charge in [0.05, 0.1) is 4.34 Å². The summed E-state index contributed by atoms with van der Waals surface area (Å²) in [5.74, 6) is 0. The Kier molecular flexibility index (Phi) is 3.94. The summed E-state index contributed by atoms with van der Waals surface area (Å²) in [6.07, 6.45) is 5.41. The summed E-state index contributed by atoms with van der Waals surface area (Å²) >= 11 is 7.75. The summed E-state index contributed by atoms with van der Waals surface area (Å²) < 4.78 is 0.917. The number of nitrogens with zero attached hydrogens (tertiary/aromatic N) is 1. The zero-order valence-electron chi connectivity index (χ0n) is 10.9. The number of hydrogen-bond acceptors (Lipinski definition) is 3. The monoisotopic (exact) mass is 284 g/mol. The smallest absolute Gasteiger partial charge is 0.0931 e. The fraction of sp³-hybridized carbons (Fsp3) is 0.714. The van der Waals surface area contributed by atoms with E-state index in [-0.39, 0.29) is 0 Å². The summed E-state index contributed by atoms with van der Waals surface area (Å²) in [6, 6.07) is 6.52. The van der Waals surface area contributed by atoms with Gasteiger partial charge in [-0.15, -0.1) is 11.3 Å². The molecule has 2 unspecified atom stereocenters. The van der Waals surface area contributed by atoms with Crippen LogP contribution in [0.3, 0.4) is 0 Å². The maximum atomic E-state index is 6.02. The average molecular weight is 285 g/mol. The average Bonchev–Trinajstić information content (AvgIpc) is 2.83. The molecule has 1 aromatic heterocycles. The molecule has 1 aromatic rings. The first-order chi connectivity index (χ1) is 8.76. The molecule has 0 radical (unpaired) electrons. The largest absolute Gasteiger partial charge is 0.314 e. The van der Waals surface area contributed by atoms with E-state index in [0.717, 1.165) is 35.6 Å². The first-order valence-electron chi connectivity index (χ1n) is 6.99. The summed E-state index contributed by atoms with van der Waals surface area (Å²) in [6.45, 7) is 4.41. The van der Waals surface area contributed by atoms with E-state index in [1.54, 1.807) is 11.3 Å². The maximum absolute atomic E-state index is 6.02. The SMILES string of the molecule is CCNC1CC2CCC(C1)N2Cc1ccc(Cl)s1. The predicted octanol–water partition coefficient (Wildman–Crippen LogP) is 3.51. The van der Waals surface area contributed by atoms with E-state index in [1.165, 1.54) is 30.6 Å². The van der Waals surface area contributed by atoms with Crippen LogP contribution in [0.15, 0.2) is 12.1 Å². The molecule has 2 saturated heterocycles. The van der Waals surface area contributed by atoms with Gasteiger partial charge in [0.2, 0.25) is 0 Å². The standard InChI is InChI=1S/C14H21ClN2S/c1-2-16-10-7-11-3-4-12(8-10)17(11)9-13-5-6-14(15)18-13/h5-6,10-12,16H,2-4,7-9H2,1H3. The van der Waals surface area contributed by atoms with E-state index in [1.807, 2.05) is 6.07 Å². The van der Waals surface area contributed by atoms with Gasteiger partial charge in [-0.2, -0.15) is 0 Å². The third-order valence-electron chi connectivity index (χ3n) is 4.34. The lowest BCUT2D eigenvalue weighted by Crippen LogP contribution is -2.48. The molecule has 3 heterocycles. The van der Waals surface area contributed by atoms with Gasteiger partial charge in [-0.25, -0.2) is 0 Å². The normalized spacial score (nSPS) is 32.0. The molecular formula is C14H21ClN2S. The molecule has 2 atom stereocenters. The molecule has 2 fully saturated rings. The molecule has 2 aliphatic rings. The van der Waals surface area contributed by atoms with Crippen molar-refractivity contribution in [3.63, 3.8) is 0 Å². The quantitative estimate of drug-likeness (QED) is 0.910. The molecule has 18 heavy (non-hydrogen) atoms. The molecule has 0 aromatic carbocycles. The van der Waals surface area contributed by atoms with Gasteiger partial charge >= 0.3 is 0 Å². The molecule has 3 rings (SSSR count). The molecule has 1 N–H and O–H groups in total. The fourth-order valence-corrected chi connectivity index (χ4v) is 4.70. The number of hydrogen-bond donors (Lipinski definition) is 1. The van der Waals surface area contributed by atoms with E-state index in [2.05, 4.69) is 23.2 Å². The molecule has 2 nitrogen and oxygen atoms in total. The van der Waals surface area contributed by atoms with Crippen molar-refractivity contribution in [1.29, 1.82) is 0 Å². The maximum Gasteiger partial charge on any atom is 0.0931 e.